The van der Waals surface area contributed by atoms with Crippen molar-refractivity contribution in [1.82, 2.24) is 14.1 Å². The van der Waals surface area contributed by atoms with E-state index >= 15 is 0 Å². The van der Waals surface area contributed by atoms with Crippen LogP contribution in [0.25, 0.3) is 39.0 Å². The minimum atomic E-state index is -0.366. The molecule has 0 atom stereocenters. The Bertz CT molecular complexity index is 3110. The molecule has 0 N–H and O–H groups in total. The molecule has 0 saturated heterocycles. The number of aromatic nitrogens is 4. The second-order valence-corrected chi connectivity index (χ2v) is 19.9. The quantitative estimate of drug-likeness (QED) is 0.107. The Balaban J connectivity index is 0.00000560. The van der Waals surface area contributed by atoms with Crippen molar-refractivity contribution in [2.24, 2.45) is 0 Å². The summed E-state index contributed by atoms with van der Waals surface area (Å²) in [5.74, 6) is 2.04. The molecule has 6 aromatic carbocycles. The molecular weight excluding hydrogens is 964 g/mol. The molecule has 9 rings (SSSR count). The molecule has 0 spiro atoms. The number of hydrogen-bond donors (Lipinski definition) is 0. The number of hydrogen-bond acceptors (Lipinski definition) is 2. The largest absolute Gasteiger partial charge is 0.510 e. The number of rotatable bonds is 9. The van der Waals surface area contributed by atoms with Crippen LogP contribution in [0, 0.1) is 18.5 Å². The smallest absolute Gasteiger partial charge is 0.267 e. The maximum absolute atomic E-state index is 6.92. The number of nitrogens with zero attached hydrogens (tertiary/aromatic N) is 4. The topological polar surface area (TPSA) is 35.9 Å². The minimum Gasteiger partial charge on any atom is -0.510 e. The molecule has 6 heteroatoms. The molecule has 3 aromatic heterocycles. The molecule has 326 valence electrons. The maximum Gasteiger partial charge on any atom is 0.267 e. The molecule has 5 nitrogen and oxygen atoms in total. The maximum atomic E-state index is 6.92. The summed E-state index contributed by atoms with van der Waals surface area (Å²) in [5, 5.41) is 2.22. The van der Waals surface area contributed by atoms with Crippen LogP contribution in [0.4, 0.5) is 0 Å². The van der Waals surface area contributed by atoms with Crippen LogP contribution in [-0.2, 0) is 42.7 Å². The third-order valence-corrected chi connectivity index (χ3v) is 12.7. The van der Waals surface area contributed by atoms with Gasteiger partial charge in [0.15, 0.2) is 0 Å². The Labute approximate surface area is 393 Å². The van der Waals surface area contributed by atoms with Gasteiger partial charge in [-0.1, -0.05) is 166 Å². The summed E-state index contributed by atoms with van der Waals surface area (Å²) in [5.41, 5.74) is 10.1. The van der Waals surface area contributed by atoms with Crippen molar-refractivity contribution < 1.29 is 30.4 Å². The Morgan fingerprint density at radius 3 is 1.84 bits per heavy atom. The Kier molecular flexibility index (Phi) is 11.7. The third kappa shape index (κ3) is 8.39. The van der Waals surface area contributed by atoms with Crippen molar-refractivity contribution in [3.63, 3.8) is 0 Å². The molecule has 0 aliphatic rings. The standard InChI is InChI=1S/C58H56N4O.Pt/c1-55(2,3)42-30-31-59-54(35-42)62-51-27-18-17-26-49(51)50-29-28-47(37-52(50)62)63-48-34-44(58(9,10)41-22-15-12-16-23-41)33-46(36-48)61-39-60(38-53(61)56(4,5)6)45-25-19-24-43(32-45)57(7,8)40-20-13-11-14-21-40;/h11-35,38H,1-10H3;/q-2;. The first-order valence-electron chi connectivity index (χ1n) is 22.0. The molecule has 0 saturated carbocycles. The van der Waals surface area contributed by atoms with E-state index in [2.05, 4.69) is 247 Å². The molecule has 0 radical (unpaired) electrons. The minimum absolute atomic E-state index is 0. The Morgan fingerprint density at radius 2 is 1.17 bits per heavy atom. The summed E-state index contributed by atoms with van der Waals surface area (Å²) < 4.78 is 13.4. The van der Waals surface area contributed by atoms with Gasteiger partial charge in [0.1, 0.15) is 5.82 Å². The van der Waals surface area contributed by atoms with Gasteiger partial charge < -0.3 is 13.9 Å². The van der Waals surface area contributed by atoms with Gasteiger partial charge in [0.2, 0.25) is 0 Å². The molecular formula is C58H56N4OPt-2. The number of pyridine rings is 1. The van der Waals surface area contributed by atoms with Gasteiger partial charge in [-0.2, -0.15) is 12.1 Å². The number of imidazole rings is 1. The second kappa shape index (κ2) is 16.8. The van der Waals surface area contributed by atoms with Crippen molar-refractivity contribution in [1.29, 1.82) is 0 Å². The van der Waals surface area contributed by atoms with Crippen LogP contribution in [0.1, 0.15) is 103 Å². The van der Waals surface area contributed by atoms with Crippen molar-refractivity contribution >= 4 is 21.8 Å². The molecule has 0 aliphatic heterocycles. The average Bonchev–Trinajstić information content (AvgIpc) is 3.88. The summed E-state index contributed by atoms with van der Waals surface area (Å²) in [6, 6.07) is 58.9. The SMILES string of the molecule is CC(C)(C)c1ccnc(-n2c3[c-]c(Oc4[c-]c(-n5[c-][n+](-c6cccc(C(C)(C)c7ccccc7)c6)cc5C(C)(C)C)cc(C(C)(C)c5ccccc5)c4)ccc3c3ccccc32)c1.[Pt]. The van der Waals surface area contributed by atoms with Gasteiger partial charge in [-0.3, -0.25) is 4.57 Å². The molecule has 0 unspecified atom stereocenters. The van der Waals surface area contributed by atoms with E-state index in [1.165, 1.54) is 22.3 Å². The number of benzene rings is 6. The van der Waals surface area contributed by atoms with Crippen LogP contribution < -0.4 is 9.30 Å². The van der Waals surface area contributed by atoms with E-state index in [-0.39, 0.29) is 42.7 Å². The fraction of sp³-hybridized carbons (Fsp3) is 0.241. The van der Waals surface area contributed by atoms with Crippen LogP contribution in [0.3, 0.4) is 0 Å². The summed E-state index contributed by atoms with van der Waals surface area (Å²) in [6.45, 7) is 22.5. The number of para-hydroxylation sites is 1. The molecule has 64 heavy (non-hydrogen) atoms. The van der Waals surface area contributed by atoms with Crippen molar-refractivity contribution in [2.45, 2.75) is 90.9 Å². The molecule has 0 aliphatic carbocycles. The van der Waals surface area contributed by atoms with E-state index in [1.54, 1.807) is 0 Å². The Morgan fingerprint density at radius 1 is 0.531 bits per heavy atom. The first-order chi connectivity index (χ1) is 30.0. The zero-order valence-electron chi connectivity index (χ0n) is 38.5. The van der Waals surface area contributed by atoms with E-state index in [0.29, 0.717) is 11.5 Å². The van der Waals surface area contributed by atoms with Crippen LogP contribution in [0.2, 0.25) is 0 Å². The van der Waals surface area contributed by atoms with E-state index < -0.39 is 0 Å². The van der Waals surface area contributed by atoms with Gasteiger partial charge in [-0.05, 0) is 79.9 Å². The summed E-state index contributed by atoms with van der Waals surface area (Å²) in [6.07, 6.45) is 7.87. The van der Waals surface area contributed by atoms with Crippen molar-refractivity contribution in [3.05, 3.63) is 210 Å². The van der Waals surface area contributed by atoms with Crippen LogP contribution >= 0.6 is 0 Å². The number of fused-ring (bicyclic) bond motifs is 3. The summed E-state index contributed by atoms with van der Waals surface area (Å²) >= 11 is 0. The van der Waals surface area contributed by atoms with E-state index in [9.17, 15) is 0 Å². The van der Waals surface area contributed by atoms with E-state index in [4.69, 9.17) is 9.72 Å². The molecule has 3 heterocycles. The number of ether oxygens (including phenoxy) is 1. The van der Waals surface area contributed by atoms with Crippen molar-refractivity contribution in [2.75, 3.05) is 0 Å². The van der Waals surface area contributed by atoms with Gasteiger partial charge in [0.25, 0.3) is 6.33 Å². The van der Waals surface area contributed by atoms with Crippen molar-refractivity contribution in [3.8, 4) is 28.7 Å². The summed E-state index contributed by atoms with van der Waals surface area (Å²) in [7, 11) is 0. The second-order valence-electron chi connectivity index (χ2n) is 19.9. The summed E-state index contributed by atoms with van der Waals surface area (Å²) in [4.78, 5) is 4.89. The first kappa shape index (κ1) is 44.6. The average molecular weight is 1020 g/mol. The van der Waals surface area contributed by atoms with Gasteiger partial charge in [-0.15, -0.1) is 35.2 Å². The van der Waals surface area contributed by atoms with Gasteiger partial charge in [0.05, 0.1) is 11.4 Å². The monoisotopic (exact) mass is 1020 g/mol. The molecule has 0 amide bonds. The van der Waals surface area contributed by atoms with Gasteiger partial charge in [0, 0.05) is 55.9 Å². The molecule has 0 fully saturated rings. The fourth-order valence-electron chi connectivity index (χ4n) is 8.67. The first-order valence-corrected chi connectivity index (χ1v) is 22.0. The van der Waals surface area contributed by atoms with Gasteiger partial charge >= 0.3 is 0 Å². The van der Waals surface area contributed by atoms with E-state index in [1.807, 2.05) is 12.3 Å². The Hall–Kier alpha value is -6.03. The van der Waals surface area contributed by atoms with Crippen LogP contribution in [-0.4, -0.2) is 14.1 Å². The molecule has 9 aromatic rings. The zero-order chi connectivity index (χ0) is 44.3. The van der Waals surface area contributed by atoms with Crippen LogP contribution in [0.5, 0.6) is 11.5 Å². The predicted molar refractivity (Wildman–Crippen MR) is 257 cm³/mol. The fourth-order valence-corrected chi connectivity index (χ4v) is 8.67. The zero-order valence-corrected chi connectivity index (χ0v) is 40.8. The molecule has 0 bridgehead atoms. The normalized spacial score (nSPS) is 12.4. The van der Waals surface area contributed by atoms with E-state index in [0.717, 1.165) is 50.3 Å². The van der Waals surface area contributed by atoms with Crippen LogP contribution in [0.15, 0.2) is 158 Å². The third-order valence-electron chi connectivity index (χ3n) is 12.7. The predicted octanol–water partition coefficient (Wildman–Crippen LogP) is 13.7. The van der Waals surface area contributed by atoms with Gasteiger partial charge in [-0.25, -0.2) is 4.98 Å².